The Morgan fingerprint density at radius 1 is 0.717 bits per heavy atom. The Morgan fingerprint density at radius 2 is 1.43 bits per heavy atom. The molecule has 0 fully saturated rings. The number of nitrogens with zero attached hydrogens (tertiary/aromatic N) is 3. The van der Waals surface area contributed by atoms with Crippen molar-refractivity contribution in [2.24, 2.45) is 0 Å². The van der Waals surface area contributed by atoms with Gasteiger partial charge in [0.05, 0.1) is 11.3 Å². The molecule has 4 nitrogen and oxygen atoms in total. The summed E-state index contributed by atoms with van der Waals surface area (Å²) in [6, 6.07) is 35.2. The van der Waals surface area contributed by atoms with E-state index in [0.29, 0.717) is 5.71 Å². The van der Waals surface area contributed by atoms with E-state index in [-0.39, 0.29) is 36.4 Å². The van der Waals surface area contributed by atoms with E-state index in [1.807, 2.05) is 60.8 Å². The largest absolute Gasteiger partial charge is 0.486 e. The van der Waals surface area contributed by atoms with Gasteiger partial charge >= 0.3 is 0 Å². The van der Waals surface area contributed by atoms with Gasteiger partial charge in [-0.05, 0) is 45.1 Å². The molecule has 0 saturated carbocycles. The average molecular weight is 780 g/mol. The van der Waals surface area contributed by atoms with Crippen LogP contribution in [-0.4, -0.2) is 15.0 Å². The maximum absolute atomic E-state index is 6.45. The van der Waals surface area contributed by atoms with Crippen LogP contribution in [-0.2, 0) is 36.4 Å². The fraction of sp³-hybridized carbons (Fsp3) is 0.244. The smallest absolute Gasteiger partial charge is 0.217 e. The van der Waals surface area contributed by atoms with E-state index < -0.39 is 0 Å². The summed E-state index contributed by atoms with van der Waals surface area (Å²) < 4.78 is 6.45. The molecular formula is C41H37IrN3O-2. The number of rotatable bonds is 1. The summed E-state index contributed by atoms with van der Waals surface area (Å²) in [4.78, 5) is 14.1. The van der Waals surface area contributed by atoms with Crippen molar-refractivity contribution in [3.63, 3.8) is 0 Å². The first-order valence-corrected chi connectivity index (χ1v) is 15.5. The topological polar surface area (TPSA) is 51.8 Å². The van der Waals surface area contributed by atoms with Gasteiger partial charge in [-0.2, -0.15) is 0 Å². The van der Waals surface area contributed by atoms with E-state index >= 15 is 0 Å². The molecule has 0 amide bonds. The molecule has 3 aromatic carbocycles. The summed E-state index contributed by atoms with van der Waals surface area (Å²) in [5.41, 5.74) is 8.86. The molecule has 8 rings (SSSR count). The molecule has 0 aliphatic heterocycles. The number of furan rings is 1. The molecular weight excluding hydrogens is 743 g/mol. The predicted molar refractivity (Wildman–Crippen MR) is 184 cm³/mol. The van der Waals surface area contributed by atoms with Crippen molar-refractivity contribution in [3.8, 4) is 22.5 Å². The molecule has 0 bridgehead atoms. The minimum Gasteiger partial charge on any atom is -0.486 e. The van der Waals surface area contributed by atoms with Crippen LogP contribution in [0, 0.1) is 12.1 Å². The second-order valence-electron chi connectivity index (χ2n) is 14.0. The van der Waals surface area contributed by atoms with E-state index in [9.17, 15) is 0 Å². The summed E-state index contributed by atoms with van der Waals surface area (Å²) in [5, 5.41) is 4.63. The van der Waals surface area contributed by atoms with Crippen LogP contribution in [0.3, 0.4) is 0 Å². The molecule has 46 heavy (non-hydrogen) atoms. The first-order valence-electron chi connectivity index (χ1n) is 15.5. The minimum absolute atomic E-state index is 0. The van der Waals surface area contributed by atoms with Crippen LogP contribution in [0.1, 0.15) is 65.3 Å². The van der Waals surface area contributed by atoms with Gasteiger partial charge in [0.15, 0.2) is 0 Å². The average Bonchev–Trinajstić information content (AvgIpc) is 3.43. The van der Waals surface area contributed by atoms with Gasteiger partial charge in [0.25, 0.3) is 0 Å². The van der Waals surface area contributed by atoms with Crippen molar-refractivity contribution in [1.29, 1.82) is 0 Å². The fourth-order valence-corrected chi connectivity index (χ4v) is 6.74. The quantitative estimate of drug-likeness (QED) is 0.156. The Balaban J connectivity index is 0.000000241. The SMILES string of the molecule is CC(C)(C)c1nc2oc3c[c-]c4c(c3c2c2ccccc12)C(C)(C)C(C)(C)c1cccnc1-4.[Ir].[c-]1ccccc1-c1ccccn1. The van der Waals surface area contributed by atoms with Crippen LogP contribution < -0.4 is 0 Å². The number of hydrogen-bond donors (Lipinski definition) is 0. The van der Waals surface area contributed by atoms with Crippen LogP contribution in [0.15, 0.2) is 102 Å². The Morgan fingerprint density at radius 3 is 2.13 bits per heavy atom. The Kier molecular flexibility index (Phi) is 7.99. The van der Waals surface area contributed by atoms with E-state index in [2.05, 4.69) is 95.9 Å². The maximum atomic E-state index is 6.45. The summed E-state index contributed by atoms with van der Waals surface area (Å²) in [7, 11) is 0. The monoisotopic (exact) mass is 780 g/mol. The van der Waals surface area contributed by atoms with E-state index in [4.69, 9.17) is 14.4 Å². The summed E-state index contributed by atoms with van der Waals surface area (Å²) in [5.74, 6) is 0. The molecule has 4 heterocycles. The van der Waals surface area contributed by atoms with Gasteiger partial charge < -0.3 is 14.4 Å². The van der Waals surface area contributed by atoms with Crippen molar-refractivity contribution in [3.05, 3.63) is 126 Å². The number of aromatic nitrogens is 3. The third-order valence-electron chi connectivity index (χ3n) is 9.70. The zero-order valence-corrected chi connectivity index (χ0v) is 29.7. The van der Waals surface area contributed by atoms with Crippen molar-refractivity contribution >= 4 is 32.8 Å². The first kappa shape index (κ1) is 31.8. The molecule has 0 atom stereocenters. The molecule has 233 valence electrons. The standard InChI is InChI=1S/C30H29N2O.C11H8N.Ir/c1-28(2,3)26-18-12-9-8-11-17(18)22-23-21(33-27(22)32-26)15-14-19-24(23)30(6,7)29(4,5)20-13-10-16-31-25(19)20;1-2-6-10(7-3-1)11-8-4-5-9-12-11;/h8-13,15-16H,1-7H3;1-6,8-9H;/q2*-1;. The Labute approximate surface area is 284 Å². The van der Waals surface area contributed by atoms with Gasteiger partial charge in [-0.25, -0.2) is 4.98 Å². The second-order valence-corrected chi connectivity index (χ2v) is 14.0. The fourth-order valence-electron chi connectivity index (χ4n) is 6.74. The van der Waals surface area contributed by atoms with Gasteiger partial charge in [-0.15, -0.1) is 59.2 Å². The molecule has 0 unspecified atom stereocenters. The molecule has 5 heteroatoms. The summed E-state index contributed by atoms with van der Waals surface area (Å²) in [6.07, 6.45) is 3.67. The number of pyridine rings is 3. The van der Waals surface area contributed by atoms with Gasteiger partial charge in [-0.1, -0.05) is 96.5 Å². The second kappa shape index (κ2) is 11.6. The molecule has 7 aromatic rings. The van der Waals surface area contributed by atoms with E-state index in [1.54, 1.807) is 6.20 Å². The molecule has 1 radical (unpaired) electrons. The van der Waals surface area contributed by atoms with E-state index in [1.165, 1.54) is 21.9 Å². The van der Waals surface area contributed by atoms with Crippen LogP contribution >= 0.6 is 0 Å². The van der Waals surface area contributed by atoms with Crippen molar-refractivity contribution in [2.75, 3.05) is 0 Å². The molecule has 1 aliphatic rings. The zero-order valence-electron chi connectivity index (χ0n) is 27.3. The number of fused-ring (bicyclic) bond motifs is 9. The normalized spacial score (nSPS) is 14.6. The van der Waals surface area contributed by atoms with Gasteiger partial charge in [0.1, 0.15) is 0 Å². The summed E-state index contributed by atoms with van der Waals surface area (Å²) >= 11 is 0. The molecule has 0 saturated heterocycles. The predicted octanol–water partition coefficient (Wildman–Crippen LogP) is 10.4. The summed E-state index contributed by atoms with van der Waals surface area (Å²) in [6.45, 7) is 16.0. The van der Waals surface area contributed by atoms with Gasteiger partial charge in [0, 0.05) is 48.7 Å². The third kappa shape index (κ3) is 4.98. The zero-order chi connectivity index (χ0) is 31.6. The van der Waals surface area contributed by atoms with Crippen molar-refractivity contribution in [1.82, 2.24) is 15.0 Å². The number of benzene rings is 3. The first-order chi connectivity index (χ1) is 21.5. The van der Waals surface area contributed by atoms with Crippen LogP contribution in [0.2, 0.25) is 0 Å². The Hall–Kier alpha value is -4.18. The maximum Gasteiger partial charge on any atom is 0.217 e. The number of hydrogen-bond acceptors (Lipinski definition) is 4. The molecule has 1 aliphatic carbocycles. The van der Waals surface area contributed by atoms with Gasteiger partial charge in [-0.3, -0.25) is 0 Å². The van der Waals surface area contributed by atoms with Crippen molar-refractivity contribution in [2.45, 2.75) is 64.7 Å². The third-order valence-corrected chi connectivity index (χ3v) is 9.70. The van der Waals surface area contributed by atoms with Gasteiger partial charge in [0.2, 0.25) is 5.71 Å². The van der Waals surface area contributed by atoms with Crippen LogP contribution in [0.25, 0.3) is 55.4 Å². The van der Waals surface area contributed by atoms with Crippen LogP contribution in [0.4, 0.5) is 0 Å². The molecule has 0 spiro atoms. The minimum atomic E-state index is -0.172. The Bertz CT molecular complexity index is 2160. The van der Waals surface area contributed by atoms with Crippen LogP contribution in [0.5, 0.6) is 0 Å². The molecule has 0 N–H and O–H groups in total. The van der Waals surface area contributed by atoms with Crippen molar-refractivity contribution < 1.29 is 24.5 Å². The van der Waals surface area contributed by atoms with E-state index in [0.717, 1.165) is 44.6 Å². The molecule has 4 aromatic heterocycles.